The summed E-state index contributed by atoms with van der Waals surface area (Å²) < 4.78 is 10.7. The molecule has 0 N–H and O–H groups in total. The Morgan fingerprint density at radius 2 is 2.14 bits per heavy atom. The molecule has 0 aliphatic rings. The average molecular weight is 311 g/mol. The van der Waals surface area contributed by atoms with Crippen LogP contribution in [0.15, 0.2) is 46.9 Å². The van der Waals surface area contributed by atoms with Gasteiger partial charge in [0.15, 0.2) is 5.58 Å². The average Bonchev–Trinajstić information content (AvgIpc) is 2.96. The molecule has 0 spiro atoms. The molecule has 3 rings (SSSR count). The van der Waals surface area contributed by atoms with Gasteiger partial charge in [-0.1, -0.05) is 29.8 Å². The molecule has 2 aromatic carbocycles. The van der Waals surface area contributed by atoms with Crippen LogP contribution in [0.4, 0.5) is 0 Å². The number of methoxy groups -OCH3 is 1. The van der Waals surface area contributed by atoms with Crippen LogP contribution in [0.1, 0.15) is 11.5 Å². The van der Waals surface area contributed by atoms with Gasteiger partial charge in [-0.25, -0.2) is 4.98 Å². The molecule has 4 nitrogen and oxygen atoms in total. The Kier molecular flexibility index (Phi) is 3.82. The predicted molar refractivity (Wildman–Crippen MR) is 85.5 cm³/mol. The van der Waals surface area contributed by atoms with Crippen LogP contribution >= 0.6 is 11.6 Å². The maximum atomic E-state index is 9.36. The van der Waals surface area contributed by atoms with Crippen molar-refractivity contribution < 1.29 is 9.15 Å². The first-order chi connectivity index (χ1) is 10.7. The number of fused-ring (bicyclic) bond motifs is 1. The van der Waals surface area contributed by atoms with E-state index in [1.165, 1.54) is 0 Å². The summed E-state index contributed by atoms with van der Waals surface area (Å²) in [6, 6.07) is 14.8. The number of halogens is 1. The molecule has 0 amide bonds. The highest BCUT2D eigenvalue weighted by Crippen LogP contribution is 2.27. The summed E-state index contributed by atoms with van der Waals surface area (Å²) in [5, 5.41) is 9.84. The van der Waals surface area contributed by atoms with Crippen LogP contribution < -0.4 is 4.74 Å². The maximum Gasteiger partial charge on any atom is 0.238 e. The largest absolute Gasteiger partial charge is 0.495 e. The highest BCUT2D eigenvalue weighted by atomic mass is 35.5. The Hall–Kier alpha value is -2.77. The molecule has 1 aromatic heterocycles. The highest BCUT2D eigenvalue weighted by Gasteiger charge is 2.11. The fourth-order valence-corrected chi connectivity index (χ4v) is 2.33. The van der Waals surface area contributed by atoms with Crippen LogP contribution in [0, 0.1) is 11.3 Å². The number of hydrogen-bond donors (Lipinski definition) is 0. The van der Waals surface area contributed by atoms with E-state index in [2.05, 4.69) is 11.1 Å². The van der Waals surface area contributed by atoms with Gasteiger partial charge >= 0.3 is 0 Å². The van der Waals surface area contributed by atoms with E-state index in [1.807, 2.05) is 30.3 Å². The quantitative estimate of drug-likeness (QED) is 0.666. The molecule has 108 valence electrons. The van der Waals surface area contributed by atoms with Gasteiger partial charge in [-0.3, -0.25) is 0 Å². The zero-order chi connectivity index (χ0) is 15.5. The standard InChI is InChI=1S/C17H11ClN2O2/c1-21-15-7-6-11(9-13(15)18)8-12(10-19)17-20-14-4-2-3-5-16(14)22-17/h2-9H,1H3/b12-8+. The summed E-state index contributed by atoms with van der Waals surface area (Å²) in [4.78, 5) is 4.32. The van der Waals surface area contributed by atoms with Crippen LogP contribution in [-0.2, 0) is 0 Å². The first kappa shape index (κ1) is 14.2. The van der Waals surface area contributed by atoms with E-state index in [0.29, 0.717) is 27.4 Å². The Balaban J connectivity index is 2.03. The van der Waals surface area contributed by atoms with Crippen molar-refractivity contribution in [1.82, 2.24) is 4.98 Å². The van der Waals surface area contributed by atoms with Crippen molar-refractivity contribution in [3.63, 3.8) is 0 Å². The Morgan fingerprint density at radius 1 is 1.32 bits per heavy atom. The molecule has 0 fully saturated rings. The van der Waals surface area contributed by atoms with E-state index in [0.717, 1.165) is 5.56 Å². The van der Waals surface area contributed by atoms with E-state index < -0.39 is 0 Å². The Morgan fingerprint density at radius 3 is 2.82 bits per heavy atom. The van der Waals surface area contributed by atoms with E-state index in [4.69, 9.17) is 20.8 Å². The zero-order valence-electron chi connectivity index (χ0n) is 11.7. The number of hydrogen-bond acceptors (Lipinski definition) is 4. The molecule has 0 aliphatic carbocycles. The van der Waals surface area contributed by atoms with Gasteiger partial charge in [-0.2, -0.15) is 5.26 Å². The third-order valence-corrected chi connectivity index (χ3v) is 3.43. The van der Waals surface area contributed by atoms with Gasteiger partial charge < -0.3 is 9.15 Å². The maximum absolute atomic E-state index is 9.36. The Labute approximate surface area is 132 Å². The summed E-state index contributed by atoms with van der Waals surface area (Å²) in [6.45, 7) is 0. The number of ether oxygens (including phenoxy) is 1. The number of para-hydroxylation sites is 2. The highest BCUT2D eigenvalue weighted by molar-refractivity contribution is 6.32. The minimum Gasteiger partial charge on any atom is -0.495 e. The SMILES string of the molecule is COc1ccc(/C=C(\C#N)c2nc3ccccc3o2)cc1Cl. The minimum absolute atomic E-state index is 0.288. The third kappa shape index (κ3) is 2.67. The lowest BCUT2D eigenvalue weighted by atomic mass is 10.1. The number of allylic oxidation sites excluding steroid dienone is 1. The van der Waals surface area contributed by atoms with E-state index in [1.54, 1.807) is 25.3 Å². The number of aromatic nitrogens is 1. The molecule has 0 aliphatic heterocycles. The van der Waals surface area contributed by atoms with Gasteiger partial charge in [-0.15, -0.1) is 0 Å². The van der Waals surface area contributed by atoms with Crippen LogP contribution in [0.2, 0.25) is 5.02 Å². The second kappa shape index (κ2) is 5.92. The lowest BCUT2D eigenvalue weighted by Gasteiger charge is -2.03. The summed E-state index contributed by atoms with van der Waals surface area (Å²) >= 11 is 6.09. The van der Waals surface area contributed by atoms with Gasteiger partial charge in [0, 0.05) is 0 Å². The van der Waals surface area contributed by atoms with Crippen molar-refractivity contribution in [2.45, 2.75) is 0 Å². The predicted octanol–water partition coefficient (Wildman–Crippen LogP) is 4.55. The second-order valence-electron chi connectivity index (χ2n) is 4.55. The first-order valence-electron chi connectivity index (χ1n) is 6.52. The fourth-order valence-electron chi connectivity index (χ4n) is 2.07. The van der Waals surface area contributed by atoms with Gasteiger partial charge in [0.05, 0.1) is 12.1 Å². The molecule has 0 radical (unpaired) electrons. The summed E-state index contributed by atoms with van der Waals surface area (Å²) in [5.74, 6) is 0.870. The van der Waals surface area contributed by atoms with Gasteiger partial charge in [0.2, 0.25) is 5.89 Å². The molecular weight excluding hydrogens is 300 g/mol. The number of nitriles is 1. The summed E-state index contributed by atoms with van der Waals surface area (Å²) in [5.41, 5.74) is 2.46. The molecule has 5 heteroatoms. The topological polar surface area (TPSA) is 59.0 Å². The number of benzene rings is 2. The van der Waals surface area contributed by atoms with E-state index in [-0.39, 0.29) is 5.89 Å². The first-order valence-corrected chi connectivity index (χ1v) is 6.90. The van der Waals surface area contributed by atoms with Crippen LogP contribution in [-0.4, -0.2) is 12.1 Å². The lowest BCUT2D eigenvalue weighted by Crippen LogP contribution is -1.85. The van der Waals surface area contributed by atoms with Crippen molar-refractivity contribution >= 4 is 34.3 Å². The second-order valence-corrected chi connectivity index (χ2v) is 4.96. The zero-order valence-corrected chi connectivity index (χ0v) is 12.5. The van der Waals surface area contributed by atoms with Crippen molar-refractivity contribution in [3.05, 3.63) is 58.9 Å². The van der Waals surface area contributed by atoms with Gasteiger partial charge in [-0.05, 0) is 35.9 Å². The number of oxazole rings is 1. The van der Waals surface area contributed by atoms with Gasteiger partial charge in [0.25, 0.3) is 0 Å². The molecule has 1 heterocycles. The molecule has 0 unspecified atom stereocenters. The van der Waals surface area contributed by atoms with Crippen molar-refractivity contribution in [1.29, 1.82) is 5.26 Å². The molecule has 0 saturated heterocycles. The van der Waals surface area contributed by atoms with E-state index >= 15 is 0 Å². The summed E-state index contributed by atoms with van der Waals surface area (Å²) in [6.07, 6.45) is 1.68. The third-order valence-electron chi connectivity index (χ3n) is 3.13. The molecular formula is C17H11ClN2O2. The number of rotatable bonds is 3. The van der Waals surface area contributed by atoms with Crippen LogP contribution in [0.5, 0.6) is 5.75 Å². The lowest BCUT2D eigenvalue weighted by molar-refractivity contribution is 0.415. The Bertz CT molecular complexity index is 873. The van der Waals surface area contributed by atoms with Crippen LogP contribution in [0.25, 0.3) is 22.7 Å². The van der Waals surface area contributed by atoms with Crippen molar-refractivity contribution in [2.24, 2.45) is 0 Å². The van der Waals surface area contributed by atoms with Crippen LogP contribution in [0.3, 0.4) is 0 Å². The summed E-state index contributed by atoms with van der Waals surface area (Å²) in [7, 11) is 1.55. The smallest absolute Gasteiger partial charge is 0.238 e. The molecule has 0 bridgehead atoms. The van der Waals surface area contributed by atoms with Crippen molar-refractivity contribution in [2.75, 3.05) is 7.11 Å². The fraction of sp³-hybridized carbons (Fsp3) is 0.0588. The monoisotopic (exact) mass is 310 g/mol. The van der Waals surface area contributed by atoms with Crippen molar-refractivity contribution in [3.8, 4) is 11.8 Å². The van der Waals surface area contributed by atoms with Gasteiger partial charge in [0.1, 0.15) is 22.9 Å². The number of nitrogens with zero attached hydrogens (tertiary/aromatic N) is 2. The molecule has 22 heavy (non-hydrogen) atoms. The van der Waals surface area contributed by atoms with E-state index in [9.17, 15) is 5.26 Å². The molecule has 0 saturated carbocycles. The minimum atomic E-state index is 0.288. The molecule has 0 atom stereocenters. The molecule has 3 aromatic rings. The normalized spacial score (nSPS) is 11.4.